The van der Waals surface area contributed by atoms with Crippen LogP contribution in [0.5, 0.6) is 0 Å². The van der Waals surface area contributed by atoms with Crippen molar-refractivity contribution >= 4 is 45.2 Å². The fraction of sp³-hybridized carbons (Fsp3) is 0.286. The van der Waals surface area contributed by atoms with Crippen molar-refractivity contribution in [3.05, 3.63) is 34.2 Å². The quantitative estimate of drug-likeness (QED) is 0.563. The molecule has 1 saturated heterocycles. The van der Waals surface area contributed by atoms with Gasteiger partial charge in [0.1, 0.15) is 11.8 Å². The van der Waals surface area contributed by atoms with E-state index in [1.165, 1.54) is 17.4 Å². The number of amides is 4. The van der Waals surface area contributed by atoms with Crippen LogP contribution < -0.4 is 14.8 Å². The van der Waals surface area contributed by atoms with Crippen LogP contribution in [0.2, 0.25) is 0 Å². The third-order valence-corrected chi connectivity index (χ3v) is 5.31. The normalized spacial score (nSPS) is 16.6. The first-order valence-electron chi connectivity index (χ1n) is 7.64. The van der Waals surface area contributed by atoms with Gasteiger partial charge in [0.15, 0.2) is 5.82 Å². The van der Waals surface area contributed by atoms with Crippen molar-refractivity contribution in [2.24, 2.45) is 0 Å². The molecular formula is C14H15N5O6S2. The SMILES string of the molecule is Cc1cc(NS(=O)(=O)NC(=O)N2C[C@H](NC(=O)Cc3cccs3)C2=O)no1. The molecule has 0 aromatic carbocycles. The van der Waals surface area contributed by atoms with Crippen LogP contribution in [0.1, 0.15) is 10.6 Å². The van der Waals surface area contributed by atoms with Crippen LogP contribution in [0, 0.1) is 6.92 Å². The van der Waals surface area contributed by atoms with Crippen molar-refractivity contribution in [2.75, 3.05) is 11.3 Å². The minimum atomic E-state index is -4.29. The summed E-state index contributed by atoms with van der Waals surface area (Å²) < 4.78 is 32.1. The molecule has 4 amide bonds. The van der Waals surface area contributed by atoms with Gasteiger partial charge in [-0.25, -0.2) is 14.2 Å². The number of nitrogens with one attached hydrogen (secondary N) is 3. The fourth-order valence-corrected chi connectivity index (χ4v) is 3.75. The molecule has 3 N–H and O–H groups in total. The Morgan fingerprint density at radius 1 is 1.44 bits per heavy atom. The number of hydrogen-bond acceptors (Lipinski definition) is 8. The number of likely N-dealkylation sites (tertiary alicyclic amines) is 1. The molecule has 0 saturated carbocycles. The minimum absolute atomic E-state index is 0.110. The molecule has 0 radical (unpaired) electrons. The van der Waals surface area contributed by atoms with Crippen molar-refractivity contribution < 1.29 is 27.3 Å². The topological polar surface area (TPSA) is 151 Å². The Kier molecular flexibility index (Phi) is 5.14. The van der Waals surface area contributed by atoms with Crippen LogP contribution in [-0.2, 0) is 26.2 Å². The summed E-state index contributed by atoms with van der Waals surface area (Å²) >= 11 is 1.41. The Morgan fingerprint density at radius 2 is 2.22 bits per heavy atom. The van der Waals surface area contributed by atoms with Gasteiger partial charge in [-0.3, -0.25) is 14.5 Å². The summed E-state index contributed by atoms with van der Waals surface area (Å²) in [6.45, 7) is 1.44. The number of carbonyl (C=O) groups excluding carboxylic acids is 3. The lowest BCUT2D eigenvalue weighted by Gasteiger charge is -2.36. The van der Waals surface area contributed by atoms with Crippen molar-refractivity contribution in [1.82, 2.24) is 20.1 Å². The van der Waals surface area contributed by atoms with Crippen molar-refractivity contribution in [3.63, 3.8) is 0 Å². The smallest absolute Gasteiger partial charge is 0.339 e. The summed E-state index contributed by atoms with van der Waals surface area (Å²) in [4.78, 5) is 37.4. The van der Waals surface area contributed by atoms with E-state index >= 15 is 0 Å². The fourth-order valence-electron chi connectivity index (χ4n) is 2.28. The number of anilines is 1. The predicted octanol–water partition coefficient (Wildman–Crippen LogP) is -0.0195. The second-order valence-corrected chi connectivity index (χ2v) is 8.11. The molecule has 27 heavy (non-hydrogen) atoms. The summed E-state index contributed by atoms with van der Waals surface area (Å²) in [5.41, 5.74) is 0. The number of nitrogens with zero attached hydrogens (tertiary/aromatic N) is 2. The largest absolute Gasteiger partial charge is 0.360 e. The van der Waals surface area contributed by atoms with Gasteiger partial charge >= 0.3 is 16.2 Å². The predicted molar refractivity (Wildman–Crippen MR) is 94.0 cm³/mol. The van der Waals surface area contributed by atoms with E-state index in [2.05, 4.69) is 10.5 Å². The first-order valence-corrected chi connectivity index (χ1v) is 10.0. The van der Waals surface area contributed by atoms with Crippen LogP contribution in [0.25, 0.3) is 0 Å². The molecule has 3 heterocycles. The average molecular weight is 413 g/mol. The standard InChI is InChI=1S/C14H15N5O6S2/c1-8-5-11(16-25-8)17-27(23,24)18-14(22)19-7-10(13(19)21)15-12(20)6-9-3-2-4-26-9/h2-5,10H,6-7H2,1H3,(H,15,20)(H,16,17)(H,18,22)/t10-/m0/s1. The van der Waals surface area contributed by atoms with E-state index < -0.39 is 28.2 Å². The molecule has 13 heteroatoms. The molecule has 3 rings (SSSR count). The zero-order valence-corrected chi connectivity index (χ0v) is 15.6. The third kappa shape index (κ3) is 4.62. The summed E-state index contributed by atoms with van der Waals surface area (Å²) in [5, 5.41) is 7.77. The van der Waals surface area contributed by atoms with E-state index in [1.54, 1.807) is 17.7 Å². The van der Waals surface area contributed by atoms with Crippen LogP contribution >= 0.6 is 11.3 Å². The number of hydrogen-bond donors (Lipinski definition) is 3. The molecule has 1 aliphatic rings. The highest BCUT2D eigenvalue weighted by atomic mass is 32.2. The van der Waals surface area contributed by atoms with Crippen LogP contribution in [-0.4, -0.2) is 48.9 Å². The number of urea groups is 1. The number of aryl methyl sites for hydroxylation is 1. The Labute approximate surface area is 157 Å². The third-order valence-electron chi connectivity index (χ3n) is 3.51. The first-order chi connectivity index (χ1) is 12.7. The molecule has 1 atom stereocenters. The molecule has 2 aromatic heterocycles. The van der Waals surface area contributed by atoms with E-state index in [0.717, 1.165) is 4.88 Å². The maximum atomic E-state index is 12.0. The van der Waals surface area contributed by atoms with Gasteiger partial charge in [0.05, 0.1) is 13.0 Å². The summed E-state index contributed by atoms with van der Waals surface area (Å²) in [6, 6.07) is 2.93. The first kappa shape index (κ1) is 18.8. The molecular weight excluding hydrogens is 398 g/mol. The van der Waals surface area contributed by atoms with Gasteiger partial charge in [0.25, 0.3) is 5.91 Å². The van der Waals surface area contributed by atoms with Gasteiger partial charge in [-0.2, -0.15) is 8.42 Å². The van der Waals surface area contributed by atoms with E-state index in [-0.39, 0.29) is 24.7 Å². The molecule has 2 aromatic rings. The Balaban J connectivity index is 1.49. The summed E-state index contributed by atoms with van der Waals surface area (Å²) in [7, 11) is -4.29. The lowest BCUT2D eigenvalue weighted by atomic mass is 10.1. The van der Waals surface area contributed by atoms with E-state index in [9.17, 15) is 22.8 Å². The second kappa shape index (κ2) is 7.36. The van der Waals surface area contributed by atoms with Gasteiger partial charge in [-0.1, -0.05) is 11.2 Å². The van der Waals surface area contributed by atoms with Crippen LogP contribution in [0.15, 0.2) is 28.1 Å². The van der Waals surface area contributed by atoms with Crippen molar-refractivity contribution in [1.29, 1.82) is 0 Å². The van der Waals surface area contributed by atoms with E-state index in [1.807, 2.05) is 16.2 Å². The Hall–Kier alpha value is -2.93. The zero-order chi connectivity index (χ0) is 19.6. The summed E-state index contributed by atoms with van der Waals surface area (Å²) in [5.74, 6) is -0.786. The second-order valence-electron chi connectivity index (χ2n) is 5.66. The molecule has 0 bridgehead atoms. The average Bonchev–Trinajstić information content (AvgIpc) is 3.21. The molecule has 0 spiro atoms. The molecule has 0 aliphatic carbocycles. The van der Waals surface area contributed by atoms with Gasteiger partial charge in [0, 0.05) is 10.9 Å². The summed E-state index contributed by atoms with van der Waals surface area (Å²) in [6.07, 6.45) is 0.128. The van der Waals surface area contributed by atoms with E-state index in [0.29, 0.717) is 10.7 Å². The molecule has 144 valence electrons. The Morgan fingerprint density at radius 3 is 2.81 bits per heavy atom. The molecule has 0 unspecified atom stereocenters. The van der Waals surface area contributed by atoms with Crippen molar-refractivity contribution in [3.8, 4) is 0 Å². The van der Waals surface area contributed by atoms with Crippen molar-refractivity contribution in [2.45, 2.75) is 19.4 Å². The number of β-lactam (4-membered cyclic amide) rings is 1. The monoisotopic (exact) mass is 413 g/mol. The maximum Gasteiger partial charge on any atom is 0.339 e. The number of imide groups is 1. The number of aromatic nitrogens is 1. The minimum Gasteiger partial charge on any atom is -0.360 e. The Bertz CT molecular complexity index is 968. The highest BCUT2D eigenvalue weighted by Crippen LogP contribution is 2.14. The molecule has 1 aliphatic heterocycles. The lowest BCUT2D eigenvalue weighted by Crippen LogP contribution is -2.67. The van der Waals surface area contributed by atoms with Gasteiger partial charge in [-0.05, 0) is 18.4 Å². The lowest BCUT2D eigenvalue weighted by molar-refractivity contribution is -0.142. The maximum absolute atomic E-state index is 12.0. The molecule has 1 fully saturated rings. The van der Waals surface area contributed by atoms with Gasteiger partial charge in [0.2, 0.25) is 5.91 Å². The van der Waals surface area contributed by atoms with Gasteiger partial charge in [-0.15, -0.1) is 11.3 Å². The number of rotatable bonds is 6. The number of thiophene rings is 1. The highest BCUT2D eigenvalue weighted by molar-refractivity contribution is 7.91. The van der Waals surface area contributed by atoms with Crippen LogP contribution in [0.4, 0.5) is 10.6 Å². The highest BCUT2D eigenvalue weighted by Gasteiger charge is 2.42. The van der Waals surface area contributed by atoms with Crippen LogP contribution in [0.3, 0.4) is 0 Å². The van der Waals surface area contributed by atoms with E-state index in [4.69, 9.17) is 4.52 Å². The van der Waals surface area contributed by atoms with Gasteiger partial charge < -0.3 is 9.84 Å². The number of carbonyl (C=O) groups is 3. The zero-order valence-electron chi connectivity index (χ0n) is 14.0. The molecule has 11 nitrogen and oxygen atoms in total.